The predicted octanol–water partition coefficient (Wildman–Crippen LogP) is 3.92. The molecule has 4 rings (SSSR count). The van der Waals surface area contributed by atoms with Gasteiger partial charge in [-0.3, -0.25) is 0 Å². The molecule has 3 aromatic rings. The molecule has 0 saturated heterocycles. The van der Waals surface area contributed by atoms with Crippen molar-refractivity contribution in [3.8, 4) is 6.01 Å². The van der Waals surface area contributed by atoms with Crippen molar-refractivity contribution in [3.63, 3.8) is 0 Å². The molecule has 0 aromatic carbocycles. The number of hydrogen-bond acceptors (Lipinski definition) is 9. The second-order valence-corrected chi connectivity index (χ2v) is 10.5. The summed E-state index contributed by atoms with van der Waals surface area (Å²) in [5.41, 5.74) is -0.617. The van der Waals surface area contributed by atoms with E-state index >= 15 is 0 Å². The Kier molecular flexibility index (Phi) is 6.51. The molecule has 14 heteroatoms. The van der Waals surface area contributed by atoms with Crippen molar-refractivity contribution >= 4 is 33.5 Å². The summed E-state index contributed by atoms with van der Waals surface area (Å²) in [6.45, 7) is 9.64. The predicted molar refractivity (Wildman–Crippen MR) is 123 cm³/mol. The third-order valence-electron chi connectivity index (χ3n) is 5.02. The monoisotopic (exact) mass is 513 g/mol. The molecular formula is C21H26F3N7O3S. The molecule has 4 heterocycles. The highest BCUT2D eigenvalue weighted by Crippen LogP contribution is 2.35. The van der Waals surface area contributed by atoms with Crippen LogP contribution in [-0.2, 0) is 24.0 Å². The van der Waals surface area contributed by atoms with Gasteiger partial charge >= 0.3 is 18.3 Å². The number of nitrogens with zero attached hydrogens (tertiary/aromatic N) is 6. The van der Waals surface area contributed by atoms with Crippen molar-refractivity contribution in [1.29, 1.82) is 0 Å². The number of hydrogen-bond donors (Lipinski definition) is 1. The minimum atomic E-state index is -4.56. The zero-order chi connectivity index (χ0) is 25.5. The van der Waals surface area contributed by atoms with Gasteiger partial charge in [-0.2, -0.15) is 23.1 Å². The SMILES string of the molecule is Cc1cc2c(N3CCn4c(nnc4C(F)(F)F)C3)nc(OC(C)CNC(=O)OC(C)(C)C)nc2s1. The number of aryl methyl sites for hydroxylation is 1. The molecular weight excluding hydrogens is 487 g/mol. The Labute approximate surface area is 203 Å². The number of carbonyl (C=O) groups excluding carboxylic acids is 1. The fourth-order valence-electron chi connectivity index (χ4n) is 3.61. The summed E-state index contributed by atoms with van der Waals surface area (Å²) in [6, 6.07) is 2.04. The molecule has 10 nitrogen and oxygen atoms in total. The lowest BCUT2D eigenvalue weighted by atomic mass is 10.2. The Hall–Kier alpha value is -3.16. The van der Waals surface area contributed by atoms with Gasteiger partial charge < -0.3 is 24.3 Å². The number of halogens is 3. The first-order valence-electron chi connectivity index (χ1n) is 11.0. The van der Waals surface area contributed by atoms with E-state index in [1.165, 1.54) is 11.3 Å². The lowest BCUT2D eigenvalue weighted by molar-refractivity contribution is -0.147. The number of alkyl carbamates (subject to hydrolysis) is 1. The zero-order valence-electron chi connectivity index (χ0n) is 19.9. The van der Waals surface area contributed by atoms with Crippen LogP contribution in [0.4, 0.5) is 23.8 Å². The molecule has 0 spiro atoms. The van der Waals surface area contributed by atoms with Crippen molar-refractivity contribution in [3.05, 3.63) is 22.6 Å². The fraction of sp³-hybridized carbons (Fsp3) is 0.571. The molecule has 0 fully saturated rings. The quantitative estimate of drug-likeness (QED) is 0.547. The van der Waals surface area contributed by atoms with Crippen molar-refractivity contribution in [2.75, 3.05) is 18.0 Å². The number of anilines is 1. The molecule has 190 valence electrons. The van der Waals surface area contributed by atoms with E-state index in [2.05, 4.69) is 25.5 Å². The van der Waals surface area contributed by atoms with Crippen molar-refractivity contribution < 1.29 is 27.4 Å². The smallest absolute Gasteiger partial charge is 0.451 e. The van der Waals surface area contributed by atoms with E-state index in [1.54, 1.807) is 27.7 Å². The van der Waals surface area contributed by atoms with Gasteiger partial charge in [0.05, 0.1) is 18.5 Å². The molecule has 1 aliphatic heterocycles. The van der Waals surface area contributed by atoms with Crippen LogP contribution in [0, 0.1) is 6.92 Å². The summed E-state index contributed by atoms with van der Waals surface area (Å²) < 4.78 is 51.8. The van der Waals surface area contributed by atoms with Crippen LogP contribution in [0.3, 0.4) is 0 Å². The number of ether oxygens (including phenoxy) is 2. The first-order chi connectivity index (χ1) is 16.3. The molecule has 0 saturated carbocycles. The maximum atomic E-state index is 13.2. The molecule has 1 aliphatic rings. The van der Waals surface area contributed by atoms with Crippen molar-refractivity contribution in [1.82, 2.24) is 30.0 Å². The van der Waals surface area contributed by atoms with E-state index in [4.69, 9.17) is 9.47 Å². The standard InChI is InChI=1S/C21H26F3N7O3S/c1-11(9-25-19(32)34-20(3,4)5)33-18-26-15(13-8-12(2)35-16(13)27-18)30-6-7-31-14(10-30)28-29-17(31)21(22,23)24/h8,11H,6-7,9-10H2,1-5H3,(H,25,32). The van der Waals surface area contributed by atoms with E-state index in [1.807, 2.05) is 17.9 Å². The summed E-state index contributed by atoms with van der Waals surface area (Å²) in [4.78, 5) is 24.5. The lowest BCUT2D eigenvalue weighted by Gasteiger charge is -2.29. The number of carbonyl (C=O) groups is 1. The molecule has 3 aromatic heterocycles. The zero-order valence-corrected chi connectivity index (χ0v) is 20.7. The second kappa shape index (κ2) is 9.13. The van der Waals surface area contributed by atoms with E-state index in [0.717, 1.165) is 14.8 Å². The topological polar surface area (TPSA) is 107 Å². The van der Waals surface area contributed by atoms with Crippen LogP contribution >= 0.6 is 11.3 Å². The van der Waals surface area contributed by atoms with Gasteiger partial charge in [-0.15, -0.1) is 21.5 Å². The molecule has 0 aliphatic carbocycles. The number of nitrogens with one attached hydrogen (secondary N) is 1. The van der Waals surface area contributed by atoms with E-state index < -0.39 is 29.8 Å². The van der Waals surface area contributed by atoms with Gasteiger partial charge in [-0.1, -0.05) is 0 Å². The lowest BCUT2D eigenvalue weighted by Crippen LogP contribution is -2.38. The first-order valence-corrected chi connectivity index (χ1v) is 11.8. The molecule has 0 radical (unpaired) electrons. The molecule has 1 atom stereocenters. The Morgan fingerprint density at radius 3 is 2.66 bits per heavy atom. The Balaban J connectivity index is 1.53. The number of thiophene rings is 1. The summed E-state index contributed by atoms with van der Waals surface area (Å²) >= 11 is 1.46. The highest BCUT2D eigenvalue weighted by Gasteiger charge is 2.39. The Morgan fingerprint density at radius 1 is 1.23 bits per heavy atom. The van der Waals surface area contributed by atoms with Crippen LogP contribution in [0.2, 0.25) is 0 Å². The summed E-state index contributed by atoms with van der Waals surface area (Å²) in [6.07, 6.45) is -5.59. The highest BCUT2D eigenvalue weighted by molar-refractivity contribution is 7.18. The second-order valence-electron chi connectivity index (χ2n) is 9.23. The number of aromatic nitrogens is 5. The molecule has 1 amide bonds. The average Bonchev–Trinajstić information content (AvgIpc) is 3.32. The Morgan fingerprint density at radius 2 is 1.97 bits per heavy atom. The Bertz CT molecular complexity index is 1240. The van der Waals surface area contributed by atoms with Crippen LogP contribution in [-0.4, -0.2) is 55.6 Å². The van der Waals surface area contributed by atoms with E-state index in [0.29, 0.717) is 10.6 Å². The van der Waals surface area contributed by atoms with Crippen molar-refractivity contribution in [2.24, 2.45) is 0 Å². The molecule has 1 unspecified atom stereocenters. The van der Waals surface area contributed by atoms with Gasteiger partial charge in [0, 0.05) is 18.0 Å². The van der Waals surface area contributed by atoms with Crippen LogP contribution in [0.1, 0.15) is 44.2 Å². The molecule has 35 heavy (non-hydrogen) atoms. The third-order valence-corrected chi connectivity index (χ3v) is 5.97. The summed E-state index contributed by atoms with van der Waals surface area (Å²) in [5, 5.41) is 10.5. The molecule has 1 N–H and O–H groups in total. The van der Waals surface area contributed by atoms with Gasteiger partial charge in [0.25, 0.3) is 0 Å². The first kappa shape index (κ1) is 24.9. The maximum absolute atomic E-state index is 13.2. The normalized spacial score (nSPS) is 15.1. The van der Waals surface area contributed by atoms with Gasteiger partial charge in [0.2, 0.25) is 5.82 Å². The van der Waals surface area contributed by atoms with Gasteiger partial charge in [-0.05, 0) is 40.7 Å². The third kappa shape index (κ3) is 5.74. The van der Waals surface area contributed by atoms with Gasteiger partial charge in [0.1, 0.15) is 22.4 Å². The van der Waals surface area contributed by atoms with E-state index in [-0.39, 0.29) is 38.0 Å². The number of rotatable bonds is 5. The van der Waals surface area contributed by atoms with Crippen LogP contribution in [0.25, 0.3) is 10.2 Å². The number of amides is 1. The highest BCUT2D eigenvalue weighted by atomic mass is 32.1. The maximum Gasteiger partial charge on any atom is 0.451 e. The van der Waals surface area contributed by atoms with Crippen LogP contribution in [0.15, 0.2) is 6.07 Å². The number of fused-ring (bicyclic) bond motifs is 2. The average molecular weight is 514 g/mol. The summed E-state index contributed by atoms with van der Waals surface area (Å²) in [5.74, 6) is -0.245. The van der Waals surface area contributed by atoms with E-state index in [9.17, 15) is 18.0 Å². The van der Waals surface area contributed by atoms with Crippen LogP contribution in [0.5, 0.6) is 6.01 Å². The summed E-state index contributed by atoms with van der Waals surface area (Å²) in [7, 11) is 0. The molecule has 0 bridgehead atoms. The van der Waals surface area contributed by atoms with Gasteiger partial charge in [-0.25, -0.2) is 4.79 Å². The minimum Gasteiger partial charge on any atom is -0.458 e. The van der Waals surface area contributed by atoms with Crippen LogP contribution < -0.4 is 15.0 Å². The van der Waals surface area contributed by atoms with Gasteiger partial charge in [0.15, 0.2) is 5.82 Å². The minimum absolute atomic E-state index is 0.0677. The largest absolute Gasteiger partial charge is 0.458 e. The fourth-order valence-corrected chi connectivity index (χ4v) is 4.48. The van der Waals surface area contributed by atoms with Crippen molar-refractivity contribution in [2.45, 2.75) is 65.6 Å². The number of alkyl halides is 3.